The number of carbonyl (C=O) groups excluding carboxylic acids is 1. The molecule has 7 heteroatoms. The zero-order valence-electron chi connectivity index (χ0n) is 12.1. The third-order valence-corrected chi connectivity index (χ3v) is 3.05. The van der Waals surface area contributed by atoms with Crippen molar-refractivity contribution in [2.75, 3.05) is 5.32 Å². The summed E-state index contributed by atoms with van der Waals surface area (Å²) in [6.45, 7) is 5.53. The molecule has 0 aliphatic heterocycles. The van der Waals surface area contributed by atoms with Gasteiger partial charge < -0.3 is 20.7 Å². The summed E-state index contributed by atoms with van der Waals surface area (Å²) < 4.78 is 1.67. The molecule has 1 aromatic rings. The molecule has 1 rings (SSSR count). The highest BCUT2D eigenvalue weighted by Crippen LogP contribution is 2.21. The van der Waals surface area contributed by atoms with E-state index in [-0.39, 0.29) is 12.3 Å². The molecule has 0 fully saturated rings. The highest BCUT2D eigenvalue weighted by molar-refractivity contribution is 5.93. The Hall–Kier alpha value is -1.89. The van der Waals surface area contributed by atoms with E-state index in [9.17, 15) is 9.59 Å². The van der Waals surface area contributed by atoms with Gasteiger partial charge >= 0.3 is 5.97 Å². The summed E-state index contributed by atoms with van der Waals surface area (Å²) in [4.78, 5) is 26.6. The van der Waals surface area contributed by atoms with Crippen molar-refractivity contribution in [3.05, 3.63) is 12.5 Å². The number of anilines is 1. The molecule has 1 atom stereocenters. The van der Waals surface area contributed by atoms with E-state index in [1.807, 2.05) is 6.92 Å². The van der Waals surface area contributed by atoms with Crippen LogP contribution in [0.1, 0.15) is 40.0 Å². The molecular formula is C13H22N4O3. The summed E-state index contributed by atoms with van der Waals surface area (Å²) in [5.41, 5.74) is 5.09. The number of aromatic nitrogens is 2. The van der Waals surface area contributed by atoms with Gasteiger partial charge in [0.05, 0.1) is 24.3 Å². The monoisotopic (exact) mass is 282 g/mol. The molecule has 1 heterocycles. The van der Waals surface area contributed by atoms with Gasteiger partial charge in [0.2, 0.25) is 5.91 Å². The molecule has 7 nitrogen and oxygen atoms in total. The number of carboxylic acid groups (broad SMARTS) is 1. The molecule has 0 aromatic carbocycles. The Kier molecular flexibility index (Phi) is 5.26. The van der Waals surface area contributed by atoms with Crippen molar-refractivity contribution >= 4 is 17.7 Å². The smallest absolute Gasteiger partial charge is 0.305 e. The summed E-state index contributed by atoms with van der Waals surface area (Å²) in [6, 6.07) is -0.558. The first-order chi connectivity index (χ1) is 9.26. The zero-order valence-corrected chi connectivity index (χ0v) is 12.1. The number of imidazole rings is 1. The molecule has 0 aliphatic carbocycles. The first-order valence-corrected chi connectivity index (χ1v) is 6.59. The van der Waals surface area contributed by atoms with Gasteiger partial charge in [-0.2, -0.15) is 0 Å². The highest BCUT2D eigenvalue weighted by Gasteiger charge is 2.24. The van der Waals surface area contributed by atoms with Crippen molar-refractivity contribution < 1.29 is 14.7 Å². The number of aliphatic carboxylic acids is 1. The Labute approximate surface area is 118 Å². The van der Waals surface area contributed by atoms with Crippen molar-refractivity contribution in [1.82, 2.24) is 9.55 Å². The lowest BCUT2D eigenvalue weighted by atomic mass is 10.0. The molecule has 4 N–H and O–H groups in total. The number of hydrogen-bond donors (Lipinski definition) is 3. The van der Waals surface area contributed by atoms with E-state index in [1.54, 1.807) is 24.6 Å². The van der Waals surface area contributed by atoms with Crippen LogP contribution in [0.3, 0.4) is 0 Å². The van der Waals surface area contributed by atoms with Crippen molar-refractivity contribution in [2.24, 2.45) is 5.73 Å². The molecular weight excluding hydrogens is 260 g/mol. The molecule has 112 valence electrons. The topological polar surface area (TPSA) is 110 Å². The molecule has 1 aromatic heterocycles. The Morgan fingerprint density at radius 1 is 1.55 bits per heavy atom. The molecule has 0 radical (unpaired) electrons. The Morgan fingerprint density at radius 3 is 2.75 bits per heavy atom. The molecule has 0 aliphatic rings. The fraction of sp³-hybridized carbons (Fsp3) is 0.615. The quantitative estimate of drug-likeness (QED) is 0.695. The van der Waals surface area contributed by atoms with Gasteiger partial charge in [-0.15, -0.1) is 0 Å². The Bertz CT molecular complexity index is 482. The van der Waals surface area contributed by atoms with Gasteiger partial charge in [0.15, 0.2) is 5.82 Å². The third-order valence-electron chi connectivity index (χ3n) is 3.05. The van der Waals surface area contributed by atoms with Crippen LogP contribution in [0.4, 0.5) is 5.82 Å². The van der Waals surface area contributed by atoms with Crippen LogP contribution in [0.2, 0.25) is 0 Å². The number of carbonyl (C=O) groups is 2. The second-order valence-corrected chi connectivity index (χ2v) is 5.43. The van der Waals surface area contributed by atoms with E-state index in [1.165, 1.54) is 6.33 Å². The van der Waals surface area contributed by atoms with E-state index in [0.29, 0.717) is 12.2 Å². The Balaban J connectivity index is 2.72. The minimum absolute atomic E-state index is 0.0356. The minimum atomic E-state index is -0.890. The van der Waals surface area contributed by atoms with Crippen LogP contribution in [0.25, 0.3) is 0 Å². The molecule has 1 unspecified atom stereocenters. The maximum Gasteiger partial charge on any atom is 0.305 e. The van der Waals surface area contributed by atoms with Crippen molar-refractivity contribution in [3.63, 3.8) is 0 Å². The van der Waals surface area contributed by atoms with Crippen LogP contribution in [0.15, 0.2) is 12.5 Å². The fourth-order valence-corrected chi connectivity index (χ4v) is 1.84. The van der Waals surface area contributed by atoms with Crippen LogP contribution in [0, 0.1) is 0 Å². The first kappa shape index (κ1) is 16.2. The summed E-state index contributed by atoms with van der Waals surface area (Å²) in [5, 5.41) is 11.5. The maximum absolute atomic E-state index is 11.8. The standard InChI is InChI=1S/C13H22N4O3/c1-4-5-9(14)12(20)16-10-7-17(8-15-10)13(2,3)6-11(18)19/h7-9H,4-6,14H2,1-3H3,(H,16,20)(H,18,19). The average molecular weight is 282 g/mol. The van der Waals surface area contributed by atoms with E-state index < -0.39 is 17.6 Å². The van der Waals surface area contributed by atoms with Crippen molar-refractivity contribution in [2.45, 2.75) is 51.6 Å². The number of nitrogens with one attached hydrogen (secondary N) is 1. The molecule has 0 saturated heterocycles. The second kappa shape index (κ2) is 6.51. The summed E-state index contributed by atoms with van der Waals surface area (Å²) in [6.07, 6.45) is 4.52. The lowest BCUT2D eigenvalue weighted by Crippen LogP contribution is -2.35. The molecule has 0 bridgehead atoms. The highest BCUT2D eigenvalue weighted by atomic mass is 16.4. The average Bonchev–Trinajstić information content (AvgIpc) is 2.76. The Morgan fingerprint density at radius 2 is 2.20 bits per heavy atom. The predicted molar refractivity (Wildman–Crippen MR) is 75.3 cm³/mol. The second-order valence-electron chi connectivity index (χ2n) is 5.43. The molecule has 0 spiro atoms. The van der Waals surface area contributed by atoms with E-state index in [2.05, 4.69) is 10.3 Å². The third kappa shape index (κ3) is 4.34. The molecule has 0 saturated carbocycles. The lowest BCUT2D eigenvalue weighted by molar-refractivity contribution is -0.139. The fourth-order valence-electron chi connectivity index (χ4n) is 1.84. The van der Waals surface area contributed by atoms with E-state index in [0.717, 1.165) is 6.42 Å². The number of carboxylic acids is 1. The largest absolute Gasteiger partial charge is 0.481 e. The normalized spacial score (nSPS) is 13.0. The predicted octanol–water partition coefficient (Wildman–Crippen LogP) is 1.16. The summed E-state index contributed by atoms with van der Waals surface area (Å²) in [7, 11) is 0. The lowest BCUT2D eigenvalue weighted by Gasteiger charge is -2.24. The van der Waals surface area contributed by atoms with Crippen molar-refractivity contribution in [3.8, 4) is 0 Å². The summed E-state index contributed by atoms with van der Waals surface area (Å²) in [5.74, 6) is -0.799. The molecule has 1 amide bonds. The first-order valence-electron chi connectivity index (χ1n) is 6.59. The number of nitrogens with two attached hydrogens (primary N) is 1. The van der Waals surface area contributed by atoms with Gasteiger partial charge in [-0.25, -0.2) is 4.98 Å². The maximum atomic E-state index is 11.8. The SMILES string of the molecule is CCCC(N)C(=O)Nc1cn(C(C)(C)CC(=O)O)cn1. The van der Waals surface area contributed by atoms with Crippen LogP contribution in [0.5, 0.6) is 0 Å². The number of nitrogens with zero attached hydrogens (tertiary/aromatic N) is 2. The van der Waals surface area contributed by atoms with Gasteiger partial charge in [-0.05, 0) is 20.3 Å². The number of hydrogen-bond acceptors (Lipinski definition) is 4. The number of amides is 1. The van der Waals surface area contributed by atoms with E-state index >= 15 is 0 Å². The minimum Gasteiger partial charge on any atom is -0.481 e. The van der Waals surface area contributed by atoms with Gasteiger partial charge in [-0.3, -0.25) is 9.59 Å². The number of rotatable bonds is 7. The van der Waals surface area contributed by atoms with Gasteiger partial charge in [0, 0.05) is 6.20 Å². The van der Waals surface area contributed by atoms with E-state index in [4.69, 9.17) is 10.8 Å². The summed E-state index contributed by atoms with van der Waals surface area (Å²) >= 11 is 0. The van der Waals surface area contributed by atoms with Crippen LogP contribution >= 0.6 is 0 Å². The van der Waals surface area contributed by atoms with Gasteiger partial charge in [-0.1, -0.05) is 13.3 Å². The zero-order chi connectivity index (χ0) is 15.3. The molecule has 20 heavy (non-hydrogen) atoms. The van der Waals surface area contributed by atoms with Gasteiger partial charge in [0.25, 0.3) is 0 Å². The van der Waals surface area contributed by atoms with Crippen LogP contribution in [-0.2, 0) is 15.1 Å². The van der Waals surface area contributed by atoms with Crippen LogP contribution < -0.4 is 11.1 Å². The van der Waals surface area contributed by atoms with Crippen LogP contribution in [-0.4, -0.2) is 32.6 Å². The van der Waals surface area contributed by atoms with Crippen molar-refractivity contribution in [1.29, 1.82) is 0 Å². The van der Waals surface area contributed by atoms with Gasteiger partial charge in [0.1, 0.15) is 0 Å².